The fourth-order valence-electron chi connectivity index (χ4n) is 2.92. The van der Waals surface area contributed by atoms with Crippen LogP contribution in [0.5, 0.6) is 0 Å². The van der Waals surface area contributed by atoms with Gasteiger partial charge in [-0.2, -0.15) is 0 Å². The maximum Gasteiger partial charge on any atom is 2.00 e. The van der Waals surface area contributed by atoms with E-state index in [1.807, 2.05) is 85.2 Å². The Balaban J connectivity index is -0.000000278. The molecule has 4 N–H and O–H groups in total. The molecule has 0 spiro atoms. The topological polar surface area (TPSA) is 212 Å². The van der Waals surface area contributed by atoms with Crippen molar-refractivity contribution in [2.75, 3.05) is 28.4 Å². The third kappa shape index (κ3) is 29.0. The summed E-state index contributed by atoms with van der Waals surface area (Å²) >= 11 is 0. The Labute approximate surface area is 283 Å². The van der Waals surface area contributed by atoms with Crippen molar-refractivity contribution >= 4 is 22.8 Å². The van der Waals surface area contributed by atoms with E-state index in [4.69, 9.17) is 37.9 Å². The summed E-state index contributed by atoms with van der Waals surface area (Å²) in [5.41, 5.74) is 4.22. The maximum atomic E-state index is 8.52. The van der Waals surface area contributed by atoms with E-state index in [1.165, 1.54) is 11.1 Å². The zero-order valence-electron chi connectivity index (χ0n) is 26.6. The van der Waals surface area contributed by atoms with Crippen LogP contribution in [-0.4, -0.2) is 88.8 Å². The van der Waals surface area contributed by atoms with E-state index in [1.54, 1.807) is 12.4 Å². The van der Waals surface area contributed by atoms with Crippen LogP contribution in [0.2, 0.25) is 0 Å². The SMILES string of the molecule is CO.CO.CO.CO.C[C@@H](N=Cc1ccccn1)c1ccccc1.C[C@@H](N=Cc1ccccn1)c1ccccc1.O=S(=O)([O-])[O-].[Cu+2]. The van der Waals surface area contributed by atoms with Gasteiger partial charge >= 0.3 is 17.1 Å². The molecule has 12 nitrogen and oxygen atoms in total. The monoisotopic (exact) mass is 707 g/mol. The Hall–Kier alpha value is -3.69. The van der Waals surface area contributed by atoms with E-state index in [9.17, 15) is 0 Å². The van der Waals surface area contributed by atoms with E-state index in [0.717, 1.165) is 39.8 Å². The molecule has 4 aromatic rings. The van der Waals surface area contributed by atoms with Crippen molar-refractivity contribution in [1.29, 1.82) is 0 Å². The molecule has 0 aliphatic heterocycles. The van der Waals surface area contributed by atoms with Crippen molar-refractivity contribution in [3.05, 3.63) is 132 Å². The Morgan fingerprint density at radius 2 is 0.826 bits per heavy atom. The second-order valence-corrected chi connectivity index (χ2v) is 8.46. The van der Waals surface area contributed by atoms with Gasteiger partial charge < -0.3 is 29.5 Å². The first-order valence-corrected chi connectivity index (χ1v) is 14.5. The number of pyridine rings is 2. The molecule has 0 bridgehead atoms. The van der Waals surface area contributed by atoms with Crippen LogP contribution in [0.25, 0.3) is 0 Å². The van der Waals surface area contributed by atoms with Crippen LogP contribution in [0.3, 0.4) is 0 Å². The minimum absolute atomic E-state index is 0. The number of aliphatic imine (C=N–C) groups is 2. The minimum atomic E-state index is -5.17. The predicted octanol–water partition coefficient (Wildman–Crippen LogP) is 3.62. The maximum absolute atomic E-state index is 8.52. The van der Waals surface area contributed by atoms with Crippen LogP contribution in [0.4, 0.5) is 0 Å². The van der Waals surface area contributed by atoms with E-state index in [2.05, 4.69) is 58.1 Å². The fourth-order valence-corrected chi connectivity index (χ4v) is 2.92. The number of nitrogens with zero attached hydrogens (tertiary/aromatic N) is 4. The van der Waals surface area contributed by atoms with E-state index < -0.39 is 10.4 Å². The van der Waals surface area contributed by atoms with Crippen LogP contribution < -0.4 is 0 Å². The number of aliphatic hydroxyl groups excluding tert-OH is 4. The Morgan fingerprint density at radius 3 is 1.07 bits per heavy atom. The van der Waals surface area contributed by atoms with Crippen molar-refractivity contribution in [3.63, 3.8) is 0 Å². The van der Waals surface area contributed by atoms with Gasteiger partial charge in [-0.05, 0) is 49.2 Å². The molecule has 2 heterocycles. The third-order valence-corrected chi connectivity index (χ3v) is 4.80. The molecule has 14 heteroatoms. The summed E-state index contributed by atoms with van der Waals surface area (Å²) in [6.45, 7) is 4.16. The van der Waals surface area contributed by atoms with E-state index >= 15 is 0 Å². The summed E-state index contributed by atoms with van der Waals surface area (Å²) in [7, 11) is -1.17. The van der Waals surface area contributed by atoms with Crippen LogP contribution in [0.15, 0.2) is 119 Å². The predicted molar refractivity (Wildman–Crippen MR) is 176 cm³/mol. The fraction of sp³-hybridized carbons (Fsp3) is 0.250. The molecule has 2 atom stereocenters. The van der Waals surface area contributed by atoms with Crippen molar-refractivity contribution in [2.24, 2.45) is 9.98 Å². The summed E-state index contributed by atoms with van der Waals surface area (Å²) in [5.74, 6) is 0. The molecule has 0 amide bonds. The molecule has 2 aromatic carbocycles. The smallest absolute Gasteiger partial charge is 0.759 e. The van der Waals surface area contributed by atoms with Gasteiger partial charge in [0.25, 0.3) is 0 Å². The second kappa shape index (κ2) is 34.2. The number of benzene rings is 2. The zero-order valence-corrected chi connectivity index (χ0v) is 28.4. The molecular weight excluding hydrogens is 664 g/mol. The molecule has 4 rings (SSSR count). The molecule has 0 aliphatic rings. The summed E-state index contributed by atoms with van der Waals surface area (Å²) < 4.78 is 34.1. The van der Waals surface area contributed by atoms with Crippen molar-refractivity contribution in [2.45, 2.75) is 25.9 Å². The first-order chi connectivity index (χ1) is 21.7. The molecule has 2 aromatic heterocycles. The van der Waals surface area contributed by atoms with E-state index in [-0.39, 0.29) is 29.2 Å². The summed E-state index contributed by atoms with van der Waals surface area (Å²) in [4.78, 5) is 17.3. The van der Waals surface area contributed by atoms with Crippen LogP contribution in [0, 0.1) is 0 Å². The van der Waals surface area contributed by atoms with Crippen LogP contribution >= 0.6 is 0 Å². The number of hydrogen-bond acceptors (Lipinski definition) is 12. The average molecular weight is 708 g/mol. The number of rotatable bonds is 6. The van der Waals surface area contributed by atoms with E-state index in [0.29, 0.717) is 0 Å². The van der Waals surface area contributed by atoms with Gasteiger partial charge in [0.1, 0.15) is 0 Å². The summed E-state index contributed by atoms with van der Waals surface area (Å²) in [5, 5.41) is 28.0. The van der Waals surface area contributed by atoms with Gasteiger partial charge in [0.2, 0.25) is 0 Å². The second-order valence-electron chi connectivity index (χ2n) is 7.65. The first kappa shape index (κ1) is 49.2. The third-order valence-electron chi connectivity index (χ3n) is 4.80. The largest absolute Gasteiger partial charge is 2.00 e. The van der Waals surface area contributed by atoms with Gasteiger partial charge in [0, 0.05) is 63.7 Å². The van der Waals surface area contributed by atoms with Crippen molar-refractivity contribution in [1.82, 2.24) is 9.97 Å². The number of aromatic nitrogens is 2. The molecule has 0 aliphatic carbocycles. The Morgan fingerprint density at radius 1 is 0.565 bits per heavy atom. The van der Waals surface area contributed by atoms with Gasteiger partial charge in [0.05, 0.1) is 23.5 Å². The molecular formula is C32H44CuN4O8S. The van der Waals surface area contributed by atoms with Crippen molar-refractivity contribution in [3.8, 4) is 0 Å². The minimum Gasteiger partial charge on any atom is -0.759 e. The molecule has 257 valence electrons. The first-order valence-electron chi connectivity index (χ1n) is 13.2. The number of aliphatic hydroxyl groups is 4. The average Bonchev–Trinajstić information content (AvgIpc) is 3.11. The summed E-state index contributed by atoms with van der Waals surface area (Å²) in [6, 6.07) is 32.4. The number of hydrogen-bond donors (Lipinski definition) is 4. The van der Waals surface area contributed by atoms with Gasteiger partial charge in [-0.1, -0.05) is 72.8 Å². The Kier molecular flexibility index (Phi) is 36.6. The van der Waals surface area contributed by atoms with Gasteiger partial charge in [-0.15, -0.1) is 0 Å². The van der Waals surface area contributed by atoms with Crippen LogP contribution in [-0.2, 0) is 27.5 Å². The molecule has 46 heavy (non-hydrogen) atoms. The quantitative estimate of drug-likeness (QED) is 0.0989. The molecule has 1 radical (unpaired) electrons. The normalized spacial score (nSPS) is 10.7. The molecule has 0 fully saturated rings. The van der Waals surface area contributed by atoms with Gasteiger partial charge in [-0.3, -0.25) is 28.4 Å². The Bertz CT molecular complexity index is 1240. The summed E-state index contributed by atoms with van der Waals surface area (Å²) in [6.07, 6.45) is 7.18. The molecule has 0 saturated heterocycles. The molecule has 0 saturated carbocycles. The van der Waals surface area contributed by atoms with Gasteiger partial charge in [-0.25, -0.2) is 0 Å². The van der Waals surface area contributed by atoms with Crippen molar-refractivity contribution < 1.29 is 55.0 Å². The molecule has 0 unspecified atom stereocenters. The zero-order chi connectivity index (χ0) is 34.9. The van der Waals surface area contributed by atoms with Crippen LogP contribution in [0.1, 0.15) is 48.4 Å². The van der Waals surface area contributed by atoms with Gasteiger partial charge in [0.15, 0.2) is 0 Å². The standard InChI is InChI=1S/2C14H14N2.4CH4O.Cu.H2O4S/c2*1-12(13-7-3-2-4-8-13)16-11-14-9-5-6-10-15-14;4*1-2;;1-5(2,3)4/h2*2-12H,1H3;4*2H,1H3;;(H2,1,2,3,4)/q;;;;;;+2;/p-2/t2*12-;;;;;;/m11....../s1.